The van der Waals surface area contributed by atoms with E-state index in [1.165, 1.54) is 5.56 Å². The lowest BCUT2D eigenvalue weighted by atomic mass is 9.74. The van der Waals surface area contributed by atoms with Crippen LogP contribution < -0.4 is 10.6 Å². The first-order chi connectivity index (χ1) is 10.2. The lowest BCUT2D eigenvalue weighted by molar-refractivity contribution is -0.126. The van der Waals surface area contributed by atoms with E-state index in [4.69, 9.17) is 4.74 Å². The summed E-state index contributed by atoms with van der Waals surface area (Å²) < 4.78 is 6.61. The first kappa shape index (κ1) is 17.7. The number of amides is 1. The van der Waals surface area contributed by atoms with Gasteiger partial charge in [0.05, 0.1) is 5.92 Å². The maximum atomic E-state index is 12.1. The van der Waals surface area contributed by atoms with Gasteiger partial charge in [-0.25, -0.2) is 0 Å². The van der Waals surface area contributed by atoms with Gasteiger partial charge in [0.1, 0.15) is 0 Å². The molecule has 2 aliphatic rings. The van der Waals surface area contributed by atoms with Crippen LogP contribution in [0.4, 0.5) is 0 Å². The van der Waals surface area contributed by atoms with Crippen molar-refractivity contribution >= 4 is 34.2 Å². The lowest BCUT2D eigenvalue weighted by Crippen LogP contribution is -2.53. The van der Waals surface area contributed by atoms with Gasteiger partial charge in [-0.05, 0) is 30.5 Å². The minimum atomic E-state index is 0. The Morgan fingerprint density at radius 3 is 2.45 bits per heavy atom. The number of benzene rings is 1. The molecule has 1 amide bonds. The number of carbonyl (C=O) groups excluding carboxylic acids is 1. The lowest BCUT2D eigenvalue weighted by Gasteiger charge is -2.38. The highest BCUT2D eigenvalue weighted by Gasteiger charge is 2.36. The van der Waals surface area contributed by atoms with Crippen molar-refractivity contribution in [2.45, 2.75) is 18.3 Å². The van der Waals surface area contributed by atoms with Crippen LogP contribution in [-0.2, 0) is 14.9 Å². The number of nitrogens with one attached hydrogen (secondary N) is 2. The molecule has 0 bridgehead atoms. The van der Waals surface area contributed by atoms with Gasteiger partial charge in [0.25, 0.3) is 0 Å². The molecule has 1 aromatic carbocycles. The molecule has 6 heteroatoms. The third-order valence-electron chi connectivity index (χ3n) is 4.66. The smallest absolute Gasteiger partial charge is 0.225 e. The van der Waals surface area contributed by atoms with Gasteiger partial charge in [-0.3, -0.25) is 4.79 Å². The van der Waals surface area contributed by atoms with Crippen LogP contribution in [-0.4, -0.2) is 38.8 Å². The van der Waals surface area contributed by atoms with E-state index in [1.54, 1.807) is 0 Å². The van der Waals surface area contributed by atoms with E-state index >= 15 is 0 Å². The Morgan fingerprint density at radius 1 is 1.27 bits per heavy atom. The van der Waals surface area contributed by atoms with Crippen molar-refractivity contribution in [1.29, 1.82) is 0 Å². The largest absolute Gasteiger partial charge is 0.381 e. The molecule has 0 atom stereocenters. The second kappa shape index (κ2) is 7.77. The zero-order valence-electron chi connectivity index (χ0n) is 12.4. The molecule has 122 valence electrons. The Labute approximate surface area is 145 Å². The molecule has 3 rings (SSSR count). The van der Waals surface area contributed by atoms with E-state index in [0.29, 0.717) is 6.54 Å². The number of hydrogen-bond donors (Lipinski definition) is 2. The van der Waals surface area contributed by atoms with E-state index in [9.17, 15) is 4.79 Å². The summed E-state index contributed by atoms with van der Waals surface area (Å²) in [6.07, 6.45) is 1.91. The van der Waals surface area contributed by atoms with Crippen LogP contribution in [0.25, 0.3) is 0 Å². The Morgan fingerprint density at radius 2 is 1.91 bits per heavy atom. The Balaban J connectivity index is 0.00000176. The SMILES string of the molecule is Cl.O=C(NCC1(c2ccc(Br)cc2)CCOCC1)C1CNC1. The summed E-state index contributed by atoms with van der Waals surface area (Å²) in [5.41, 5.74) is 1.30. The fourth-order valence-corrected chi connectivity index (χ4v) is 3.27. The van der Waals surface area contributed by atoms with Crippen molar-refractivity contribution < 1.29 is 9.53 Å². The molecule has 4 nitrogen and oxygen atoms in total. The van der Waals surface area contributed by atoms with Crippen molar-refractivity contribution in [3.8, 4) is 0 Å². The Kier molecular flexibility index (Phi) is 6.26. The van der Waals surface area contributed by atoms with Crippen LogP contribution in [0.3, 0.4) is 0 Å². The highest BCUT2D eigenvalue weighted by molar-refractivity contribution is 9.10. The standard InChI is InChI=1S/C16H21BrN2O2.ClH/c17-14-3-1-13(2-4-14)16(5-7-21-8-6-16)11-19-15(20)12-9-18-10-12;/h1-4,12,18H,5-11H2,(H,19,20);1H. The van der Waals surface area contributed by atoms with Gasteiger partial charge < -0.3 is 15.4 Å². The molecular weight excluding hydrogens is 368 g/mol. The second-order valence-electron chi connectivity index (χ2n) is 5.97. The maximum Gasteiger partial charge on any atom is 0.225 e. The highest BCUT2D eigenvalue weighted by atomic mass is 79.9. The summed E-state index contributed by atoms with van der Waals surface area (Å²) in [5.74, 6) is 0.323. The summed E-state index contributed by atoms with van der Waals surface area (Å²) in [5, 5.41) is 6.30. The summed E-state index contributed by atoms with van der Waals surface area (Å²) in [4.78, 5) is 12.1. The highest BCUT2D eigenvalue weighted by Crippen LogP contribution is 2.35. The monoisotopic (exact) mass is 388 g/mol. The van der Waals surface area contributed by atoms with Gasteiger partial charge in [0, 0.05) is 42.7 Å². The van der Waals surface area contributed by atoms with E-state index in [1.807, 2.05) is 0 Å². The van der Waals surface area contributed by atoms with Crippen LogP contribution >= 0.6 is 28.3 Å². The van der Waals surface area contributed by atoms with Gasteiger partial charge in [-0.1, -0.05) is 28.1 Å². The predicted molar refractivity (Wildman–Crippen MR) is 92.5 cm³/mol. The topological polar surface area (TPSA) is 50.4 Å². The minimum absolute atomic E-state index is 0. The number of carbonyl (C=O) groups is 1. The zero-order valence-corrected chi connectivity index (χ0v) is 14.8. The average Bonchev–Trinajstić information content (AvgIpc) is 2.45. The summed E-state index contributed by atoms with van der Waals surface area (Å²) >= 11 is 3.48. The number of rotatable bonds is 4. The molecule has 0 aliphatic carbocycles. The number of halogens is 2. The number of hydrogen-bond acceptors (Lipinski definition) is 3. The first-order valence-corrected chi connectivity index (χ1v) is 8.31. The molecule has 2 fully saturated rings. The van der Waals surface area contributed by atoms with E-state index in [2.05, 4.69) is 50.8 Å². The fraction of sp³-hybridized carbons (Fsp3) is 0.562. The van der Waals surface area contributed by atoms with Crippen LogP contribution in [0, 0.1) is 5.92 Å². The van der Waals surface area contributed by atoms with Crippen molar-refractivity contribution in [1.82, 2.24) is 10.6 Å². The van der Waals surface area contributed by atoms with Crippen LogP contribution in [0.1, 0.15) is 18.4 Å². The summed E-state index contributed by atoms with van der Waals surface area (Å²) in [6, 6.07) is 8.47. The molecule has 22 heavy (non-hydrogen) atoms. The molecule has 0 spiro atoms. The van der Waals surface area contributed by atoms with Gasteiger partial charge in [-0.15, -0.1) is 12.4 Å². The van der Waals surface area contributed by atoms with Crippen LogP contribution in [0.5, 0.6) is 0 Å². The van der Waals surface area contributed by atoms with Crippen molar-refractivity contribution in [2.24, 2.45) is 5.92 Å². The molecule has 0 aromatic heterocycles. The van der Waals surface area contributed by atoms with Gasteiger partial charge >= 0.3 is 0 Å². The fourth-order valence-electron chi connectivity index (χ4n) is 3.01. The molecule has 2 saturated heterocycles. The Hall–Kier alpha value is -0.620. The van der Waals surface area contributed by atoms with E-state index < -0.39 is 0 Å². The minimum Gasteiger partial charge on any atom is -0.381 e. The van der Waals surface area contributed by atoms with Crippen LogP contribution in [0.2, 0.25) is 0 Å². The van der Waals surface area contributed by atoms with E-state index in [0.717, 1.165) is 43.6 Å². The van der Waals surface area contributed by atoms with Crippen LogP contribution in [0.15, 0.2) is 28.7 Å². The van der Waals surface area contributed by atoms with Gasteiger partial charge in [0.15, 0.2) is 0 Å². The Bertz CT molecular complexity index is 499. The first-order valence-electron chi connectivity index (χ1n) is 7.52. The zero-order chi connectivity index (χ0) is 14.7. The average molecular weight is 390 g/mol. The third-order valence-corrected chi connectivity index (χ3v) is 5.19. The predicted octanol–water partition coefficient (Wildman–Crippen LogP) is 2.25. The summed E-state index contributed by atoms with van der Waals surface area (Å²) in [6.45, 7) is 3.83. The molecule has 0 saturated carbocycles. The van der Waals surface area contributed by atoms with Crippen molar-refractivity contribution in [3.63, 3.8) is 0 Å². The number of ether oxygens (including phenoxy) is 1. The van der Waals surface area contributed by atoms with Crippen molar-refractivity contribution in [2.75, 3.05) is 32.8 Å². The van der Waals surface area contributed by atoms with Gasteiger partial charge in [-0.2, -0.15) is 0 Å². The normalized spacial score (nSPS) is 20.6. The molecule has 0 unspecified atom stereocenters. The van der Waals surface area contributed by atoms with E-state index in [-0.39, 0.29) is 29.6 Å². The molecule has 2 aliphatic heterocycles. The molecule has 0 radical (unpaired) electrons. The molecule has 2 heterocycles. The summed E-state index contributed by atoms with van der Waals surface area (Å²) in [7, 11) is 0. The molecule has 2 N–H and O–H groups in total. The third kappa shape index (κ3) is 3.82. The quantitative estimate of drug-likeness (QED) is 0.830. The molecular formula is C16H22BrClN2O2. The van der Waals surface area contributed by atoms with Gasteiger partial charge in [0.2, 0.25) is 5.91 Å². The maximum absolute atomic E-state index is 12.1. The molecule has 1 aromatic rings. The van der Waals surface area contributed by atoms with Crippen molar-refractivity contribution in [3.05, 3.63) is 34.3 Å². The second-order valence-corrected chi connectivity index (χ2v) is 6.89.